The highest BCUT2D eigenvalue weighted by atomic mass is 79.9. The van der Waals surface area contributed by atoms with Crippen molar-refractivity contribution in [1.29, 1.82) is 0 Å². The third-order valence-electron chi connectivity index (χ3n) is 7.94. The fraction of sp³-hybridized carbons (Fsp3) is 0.257. The molecule has 1 aliphatic carbocycles. The average Bonchev–Trinajstić information content (AvgIpc) is 3.56. The smallest absolute Gasteiger partial charge is 0.264 e. The molecule has 1 fully saturated rings. The first-order valence-electron chi connectivity index (χ1n) is 14.9. The van der Waals surface area contributed by atoms with E-state index in [4.69, 9.17) is 0 Å². The summed E-state index contributed by atoms with van der Waals surface area (Å²) in [6, 6.07) is 28.7. The van der Waals surface area contributed by atoms with Gasteiger partial charge in [0.05, 0.1) is 10.6 Å². The molecule has 234 valence electrons. The number of hydrogen-bond donors (Lipinski definition) is 1. The van der Waals surface area contributed by atoms with E-state index >= 15 is 0 Å². The van der Waals surface area contributed by atoms with Gasteiger partial charge in [-0.25, -0.2) is 12.8 Å². The van der Waals surface area contributed by atoms with E-state index in [-0.39, 0.29) is 35.5 Å². The van der Waals surface area contributed by atoms with Crippen molar-refractivity contribution < 1.29 is 22.4 Å². The molecule has 45 heavy (non-hydrogen) atoms. The van der Waals surface area contributed by atoms with Gasteiger partial charge in [0.2, 0.25) is 11.8 Å². The minimum atomic E-state index is -4.24. The van der Waals surface area contributed by atoms with Crippen LogP contribution in [0, 0.1) is 5.82 Å². The molecule has 0 saturated heterocycles. The van der Waals surface area contributed by atoms with Crippen LogP contribution in [0.15, 0.2) is 119 Å². The lowest BCUT2D eigenvalue weighted by atomic mass is 10.0. The molecule has 1 unspecified atom stereocenters. The monoisotopic (exact) mass is 691 g/mol. The predicted molar refractivity (Wildman–Crippen MR) is 176 cm³/mol. The second kappa shape index (κ2) is 14.8. The minimum absolute atomic E-state index is 0.0134. The van der Waals surface area contributed by atoms with Gasteiger partial charge in [-0.15, -0.1) is 0 Å². The zero-order valence-corrected chi connectivity index (χ0v) is 27.1. The van der Waals surface area contributed by atoms with Crippen molar-refractivity contribution in [3.05, 3.63) is 131 Å². The maximum Gasteiger partial charge on any atom is 0.264 e. The van der Waals surface area contributed by atoms with Crippen molar-refractivity contribution in [2.45, 2.75) is 55.6 Å². The van der Waals surface area contributed by atoms with E-state index in [2.05, 4.69) is 21.2 Å². The molecule has 1 saturated carbocycles. The van der Waals surface area contributed by atoms with Crippen LogP contribution in [0.2, 0.25) is 0 Å². The summed E-state index contributed by atoms with van der Waals surface area (Å²) in [7, 11) is -4.24. The van der Waals surface area contributed by atoms with Crippen molar-refractivity contribution >= 4 is 43.5 Å². The summed E-state index contributed by atoms with van der Waals surface area (Å²) in [5, 5.41) is 3.16. The number of rotatable bonds is 12. The summed E-state index contributed by atoms with van der Waals surface area (Å²) in [4.78, 5) is 30.0. The van der Waals surface area contributed by atoms with E-state index in [0.29, 0.717) is 0 Å². The quantitative estimate of drug-likeness (QED) is 0.184. The molecule has 10 heteroatoms. The van der Waals surface area contributed by atoms with E-state index in [1.165, 1.54) is 29.2 Å². The first kappa shape index (κ1) is 32.4. The molecule has 0 heterocycles. The number of carbonyl (C=O) groups excluding carboxylic acids is 2. The molecule has 1 N–H and O–H groups in total. The molecule has 7 nitrogen and oxygen atoms in total. The lowest BCUT2D eigenvalue weighted by Gasteiger charge is -2.34. The normalized spacial score (nSPS) is 14.1. The highest BCUT2D eigenvalue weighted by Crippen LogP contribution is 2.26. The fourth-order valence-electron chi connectivity index (χ4n) is 5.61. The third-order valence-corrected chi connectivity index (χ3v) is 10.2. The first-order valence-corrected chi connectivity index (χ1v) is 17.2. The van der Waals surface area contributed by atoms with Crippen LogP contribution in [0.3, 0.4) is 0 Å². The van der Waals surface area contributed by atoms with Gasteiger partial charge in [0.15, 0.2) is 0 Å². The third kappa shape index (κ3) is 8.38. The van der Waals surface area contributed by atoms with E-state index in [1.54, 1.807) is 18.2 Å². The molecule has 0 aliphatic heterocycles. The topological polar surface area (TPSA) is 86.8 Å². The molecule has 0 aromatic heterocycles. The number of carbonyl (C=O) groups is 2. The highest BCUT2D eigenvalue weighted by Gasteiger charge is 2.35. The number of sulfonamides is 1. The van der Waals surface area contributed by atoms with Crippen LogP contribution in [0.5, 0.6) is 0 Å². The minimum Gasteiger partial charge on any atom is -0.352 e. The summed E-state index contributed by atoms with van der Waals surface area (Å²) in [6.07, 6.45) is 4.03. The first-order chi connectivity index (χ1) is 21.7. The number of benzene rings is 4. The van der Waals surface area contributed by atoms with Crippen LogP contribution in [-0.2, 0) is 32.6 Å². The van der Waals surface area contributed by atoms with E-state index in [0.717, 1.165) is 57.7 Å². The molecule has 1 atom stereocenters. The van der Waals surface area contributed by atoms with Crippen molar-refractivity contribution in [3.63, 3.8) is 0 Å². The fourth-order valence-corrected chi connectivity index (χ4v) is 7.49. The molecule has 2 amide bonds. The molecular weight excluding hydrogens is 657 g/mol. The van der Waals surface area contributed by atoms with Gasteiger partial charge in [0.1, 0.15) is 18.4 Å². The van der Waals surface area contributed by atoms with Crippen LogP contribution in [0.1, 0.15) is 36.8 Å². The van der Waals surface area contributed by atoms with Crippen molar-refractivity contribution in [2.75, 3.05) is 10.8 Å². The summed E-state index contributed by atoms with van der Waals surface area (Å²) in [5.74, 6) is -1.39. The molecule has 4 aromatic rings. The maximum atomic E-state index is 14.5. The SMILES string of the molecule is O=C(NC1CCCC1)C(Cc1ccccc1)N(Cc1cccc(Br)c1)C(=O)CN(c1ccc(F)cc1)S(=O)(=O)c1ccccc1. The Bertz CT molecular complexity index is 1700. The number of nitrogens with one attached hydrogen (secondary N) is 1. The van der Waals surface area contributed by atoms with Gasteiger partial charge in [-0.05, 0) is 72.5 Å². The van der Waals surface area contributed by atoms with E-state index in [1.807, 2.05) is 54.6 Å². The molecule has 0 bridgehead atoms. The van der Waals surface area contributed by atoms with Gasteiger partial charge in [0, 0.05) is 23.5 Å². The Hall–Kier alpha value is -4.02. The molecule has 0 radical (unpaired) electrons. The van der Waals surface area contributed by atoms with Gasteiger partial charge in [-0.3, -0.25) is 13.9 Å². The van der Waals surface area contributed by atoms with E-state index in [9.17, 15) is 22.4 Å². The van der Waals surface area contributed by atoms with Crippen molar-refractivity contribution in [2.24, 2.45) is 0 Å². The summed E-state index contributed by atoms with van der Waals surface area (Å²) < 4.78 is 43.7. The predicted octanol–water partition coefficient (Wildman–Crippen LogP) is 6.48. The zero-order valence-electron chi connectivity index (χ0n) is 24.7. The Morgan fingerprint density at radius 3 is 2.11 bits per heavy atom. The van der Waals surface area contributed by atoms with Crippen LogP contribution in [0.4, 0.5) is 10.1 Å². The van der Waals surface area contributed by atoms with Crippen LogP contribution in [-0.4, -0.2) is 43.8 Å². The Kier molecular flexibility index (Phi) is 10.7. The lowest BCUT2D eigenvalue weighted by Crippen LogP contribution is -2.54. The standard InChI is InChI=1S/C35H35BrFN3O4S/c36-28-13-9-12-27(22-28)24-39(33(23-26-10-3-1-4-11-26)35(42)38-30-14-7-8-15-30)34(41)25-40(31-20-18-29(37)19-21-31)45(43,44)32-16-5-2-6-17-32/h1-6,9-13,16-22,30,33H,7-8,14-15,23-25H2,(H,38,42). The summed E-state index contributed by atoms with van der Waals surface area (Å²) in [6.45, 7) is -0.532. The maximum absolute atomic E-state index is 14.5. The summed E-state index contributed by atoms with van der Waals surface area (Å²) in [5.41, 5.74) is 1.76. The molecular formula is C35H35BrFN3O4S. The number of halogens is 2. The van der Waals surface area contributed by atoms with E-state index < -0.39 is 34.3 Å². The largest absolute Gasteiger partial charge is 0.352 e. The van der Waals surface area contributed by atoms with Gasteiger partial charge in [-0.2, -0.15) is 0 Å². The number of hydrogen-bond acceptors (Lipinski definition) is 4. The van der Waals surface area contributed by atoms with Crippen LogP contribution >= 0.6 is 15.9 Å². The second-order valence-corrected chi connectivity index (χ2v) is 13.9. The number of nitrogens with zero attached hydrogens (tertiary/aromatic N) is 2. The average molecular weight is 693 g/mol. The zero-order chi connectivity index (χ0) is 31.8. The number of anilines is 1. The Morgan fingerprint density at radius 1 is 0.844 bits per heavy atom. The summed E-state index contributed by atoms with van der Waals surface area (Å²) >= 11 is 3.49. The molecule has 4 aromatic carbocycles. The van der Waals surface area contributed by atoms with Crippen LogP contribution < -0.4 is 9.62 Å². The van der Waals surface area contributed by atoms with Gasteiger partial charge < -0.3 is 10.2 Å². The van der Waals surface area contributed by atoms with Gasteiger partial charge in [-0.1, -0.05) is 89.4 Å². The molecule has 1 aliphatic rings. The van der Waals surface area contributed by atoms with Crippen molar-refractivity contribution in [3.8, 4) is 0 Å². The Morgan fingerprint density at radius 2 is 1.47 bits per heavy atom. The lowest BCUT2D eigenvalue weighted by molar-refractivity contribution is -0.140. The number of amides is 2. The van der Waals surface area contributed by atoms with Gasteiger partial charge in [0.25, 0.3) is 10.0 Å². The Balaban J connectivity index is 1.56. The molecule has 5 rings (SSSR count). The second-order valence-electron chi connectivity index (χ2n) is 11.1. The van der Waals surface area contributed by atoms with Crippen molar-refractivity contribution in [1.82, 2.24) is 10.2 Å². The van der Waals surface area contributed by atoms with Crippen LogP contribution in [0.25, 0.3) is 0 Å². The molecule has 0 spiro atoms. The Labute approximate surface area is 272 Å². The highest BCUT2D eigenvalue weighted by molar-refractivity contribution is 9.10. The van der Waals surface area contributed by atoms with Gasteiger partial charge >= 0.3 is 0 Å².